The second kappa shape index (κ2) is 30.7. The van der Waals surface area contributed by atoms with Crippen molar-refractivity contribution in [1.29, 1.82) is 0 Å². The number of halogens is 1. The van der Waals surface area contributed by atoms with Gasteiger partial charge in [-0.25, -0.2) is 4.98 Å². The molecule has 3 atom stereocenters. The number of unbranched alkanes of at least 4 members (excludes halogenated alkanes) is 11. The summed E-state index contributed by atoms with van der Waals surface area (Å²) in [7, 11) is 0. The third kappa shape index (κ3) is 18.6. The molecule has 0 spiro atoms. The van der Waals surface area contributed by atoms with E-state index < -0.39 is 23.6 Å². The number of aromatic nitrogens is 1. The molecule has 4 aromatic carbocycles. The van der Waals surface area contributed by atoms with Crippen molar-refractivity contribution in [3.05, 3.63) is 137 Å². The second-order valence-corrected chi connectivity index (χ2v) is 22.3. The fourth-order valence-electron chi connectivity index (χ4n) is 9.81. The number of hydrogen-bond donors (Lipinski definition) is 5. The third-order valence-electron chi connectivity index (χ3n) is 14.0. The topological polar surface area (TPSA) is 170 Å². The predicted molar refractivity (Wildman–Crippen MR) is 307 cm³/mol. The van der Waals surface area contributed by atoms with Crippen molar-refractivity contribution in [2.45, 2.75) is 155 Å². The molecule has 1 saturated heterocycles. The molecule has 0 bridgehead atoms. The number of aryl methyl sites for hydroxylation is 1. The van der Waals surface area contributed by atoms with Crippen molar-refractivity contribution in [3.8, 4) is 21.9 Å². The highest BCUT2D eigenvalue weighted by Gasteiger charge is 2.44. The number of rotatable bonds is 30. The second-order valence-electron chi connectivity index (χ2n) is 21.1. The van der Waals surface area contributed by atoms with Gasteiger partial charge >= 0.3 is 0 Å². The number of allylic oxidation sites excluding steroid dienone is 1. The van der Waals surface area contributed by atoms with Gasteiger partial charge in [-0.05, 0) is 94.8 Å². The van der Waals surface area contributed by atoms with Gasteiger partial charge in [-0.2, -0.15) is 0 Å². The molecule has 0 radical (unpaired) electrons. The number of nitrogens with one attached hydrogen (secondary N) is 3. The number of β-amino-alcohol motifs (C(OH)–C–C–N with tert-alkyl or cyclic N) is 1. The number of alkyl halides is 1. The largest absolute Gasteiger partial charge is 0.508 e. The van der Waals surface area contributed by atoms with Crippen molar-refractivity contribution in [1.82, 2.24) is 25.8 Å². The van der Waals surface area contributed by atoms with Crippen molar-refractivity contribution in [3.63, 3.8) is 0 Å². The number of benzene rings is 4. The molecule has 0 aliphatic carbocycles. The average Bonchev–Trinajstić information content (AvgIpc) is 4.04. The maximum atomic E-state index is 14.0. The molecule has 2 heterocycles. The van der Waals surface area contributed by atoms with Crippen molar-refractivity contribution in [2.24, 2.45) is 5.41 Å². The van der Waals surface area contributed by atoms with E-state index >= 15 is 0 Å². The van der Waals surface area contributed by atoms with E-state index in [4.69, 9.17) is 16.3 Å². The number of aromatic hydroxyl groups is 1. The number of carbonyl (C=O) groups excluding carboxylic acids is 4. The zero-order chi connectivity index (χ0) is 54.3. The lowest BCUT2D eigenvalue weighted by atomic mass is 9.85. The summed E-state index contributed by atoms with van der Waals surface area (Å²) in [6.45, 7) is 8.83. The van der Waals surface area contributed by atoms with Gasteiger partial charge in [0.1, 0.15) is 30.2 Å². The molecule has 1 aliphatic rings. The van der Waals surface area contributed by atoms with Crippen molar-refractivity contribution >= 4 is 57.7 Å². The van der Waals surface area contributed by atoms with Gasteiger partial charge in [0, 0.05) is 38.2 Å². The van der Waals surface area contributed by atoms with E-state index in [-0.39, 0.29) is 48.9 Å². The Bertz CT molecular complexity index is 2620. The molecule has 6 rings (SSSR count). The van der Waals surface area contributed by atoms with Gasteiger partial charge in [0.05, 0.1) is 28.7 Å². The lowest BCUT2D eigenvalue weighted by Gasteiger charge is -2.35. The van der Waals surface area contributed by atoms with E-state index in [0.717, 1.165) is 100 Å². The summed E-state index contributed by atoms with van der Waals surface area (Å²) in [5, 5.41) is 29.5. The summed E-state index contributed by atoms with van der Waals surface area (Å²) >= 11 is 7.89. The van der Waals surface area contributed by atoms with Crippen LogP contribution in [0.25, 0.3) is 21.6 Å². The molecule has 76 heavy (non-hydrogen) atoms. The minimum absolute atomic E-state index is 0.0407. The molecule has 1 aromatic heterocycles. The van der Waals surface area contributed by atoms with Gasteiger partial charge in [-0.15, -0.1) is 22.9 Å². The molecule has 14 heteroatoms. The van der Waals surface area contributed by atoms with Gasteiger partial charge in [0.25, 0.3) is 0 Å². The van der Waals surface area contributed by atoms with Crippen LogP contribution in [0.3, 0.4) is 0 Å². The molecule has 4 amide bonds. The number of ether oxygens (including phenoxy) is 1. The number of phenolic OH excluding ortho intramolecular Hbond substituents is 1. The standard InChI is InChI=1S/C62H80ClN5O7S/c1-44-58(76-43-66-44)49-26-24-45(25-27-49)41-65-60(73)54-40-51(70)42-68(54)61(74)59(62(2,3)4)67-56(72)23-19-14-12-10-8-6-5-7-9-11-13-18-22-55(71)64-38-39-75-52-34-30-48(31-35-52)57(47-28-32-50(69)33-29-47)53(36-37-63)46-20-16-15-17-21-46/h15-17,20-21,24-35,43,51,54,59,69-70H,5-14,18-19,22-23,36-42H2,1-4H3,(H,64,71)(H,65,73)(H,67,72)/t51-,54+,59?/m1/s1. The Morgan fingerprint density at radius 1 is 0.737 bits per heavy atom. The highest BCUT2D eigenvalue weighted by atomic mass is 35.5. The monoisotopic (exact) mass is 1070 g/mol. The van der Waals surface area contributed by atoms with E-state index in [1.807, 2.05) is 112 Å². The number of phenols is 1. The Kier molecular flexibility index (Phi) is 23.9. The first-order chi connectivity index (χ1) is 36.7. The fraction of sp³-hybridized carbons (Fsp3) is 0.468. The average molecular weight is 1070 g/mol. The van der Waals surface area contributed by atoms with Crippen LogP contribution >= 0.6 is 22.9 Å². The molecule has 5 aromatic rings. The van der Waals surface area contributed by atoms with Gasteiger partial charge in [-0.1, -0.05) is 164 Å². The summed E-state index contributed by atoms with van der Waals surface area (Å²) in [5.41, 5.74) is 9.46. The van der Waals surface area contributed by atoms with E-state index in [1.54, 1.807) is 23.5 Å². The summed E-state index contributed by atoms with van der Waals surface area (Å²) < 4.78 is 5.98. The van der Waals surface area contributed by atoms with E-state index in [2.05, 4.69) is 33.1 Å². The molecule has 1 fully saturated rings. The lowest BCUT2D eigenvalue weighted by Crippen LogP contribution is -2.57. The summed E-state index contributed by atoms with van der Waals surface area (Å²) in [6.07, 6.45) is 13.7. The van der Waals surface area contributed by atoms with Gasteiger partial charge in [0.15, 0.2) is 0 Å². The molecular formula is C62H80ClN5O7S. The quantitative estimate of drug-likeness (QED) is 0.0172. The van der Waals surface area contributed by atoms with Crippen LogP contribution in [0.5, 0.6) is 11.5 Å². The molecule has 408 valence electrons. The zero-order valence-corrected chi connectivity index (χ0v) is 46.7. The van der Waals surface area contributed by atoms with Gasteiger partial charge in [0.2, 0.25) is 23.6 Å². The van der Waals surface area contributed by atoms with Gasteiger partial charge < -0.3 is 35.8 Å². The number of aliphatic hydroxyl groups is 1. The Balaban J connectivity index is 0.780. The first-order valence-corrected chi connectivity index (χ1v) is 28.8. The number of aliphatic hydroxyl groups excluding tert-OH is 1. The summed E-state index contributed by atoms with van der Waals surface area (Å²) in [6, 6.07) is 31.7. The zero-order valence-electron chi connectivity index (χ0n) is 45.1. The Morgan fingerprint density at radius 2 is 1.32 bits per heavy atom. The number of amides is 4. The van der Waals surface area contributed by atoms with Crippen LogP contribution in [0, 0.1) is 12.3 Å². The number of thiazole rings is 1. The maximum Gasteiger partial charge on any atom is 0.246 e. The number of hydrogen-bond acceptors (Lipinski definition) is 9. The van der Waals surface area contributed by atoms with Crippen LogP contribution in [0.15, 0.2) is 109 Å². The number of carbonyl (C=O) groups is 4. The van der Waals surface area contributed by atoms with Gasteiger partial charge in [-0.3, -0.25) is 19.2 Å². The normalized spacial score (nSPS) is 15.2. The fourth-order valence-corrected chi connectivity index (χ4v) is 10.8. The van der Waals surface area contributed by atoms with Crippen LogP contribution < -0.4 is 20.7 Å². The first kappa shape index (κ1) is 59.2. The minimum Gasteiger partial charge on any atom is -0.508 e. The summed E-state index contributed by atoms with van der Waals surface area (Å²) in [5.74, 6) is 0.602. The molecular weight excluding hydrogens is 994 g/mol. The lowest BCUT2D eigenvalue weighted by molar-refractivity contribution is -0.144. The Morgan fingerprint density at radius 3 is 1.88 bits per heavy atom. The van der Waals surface area contributed by atoms with E-state index in [9.17, 15) is 29.4 Å². The van der Waals surface area contributed by atoms with Crippen LogP contribution in [-0.4, -0.2) is 87.5 Å². The third-order valence-corrected chi connectivity index (χ3v) is 15.2. The molecule has 5 N–H and O–H groups in total. The predicted octanol–water partition coefficient (Wildman–Crippen LogP) is 12.2. The Labute approximate surface area is 460 Å². The maximum absolute atomic E-state index is 14.0. The molecule has 0 saturated carbocycles. The minimum atomic E-state index is -0.837. The van der Waals surface area contributed by atoms with Crippen LogP contribution in [0.2, 0.25) is 0 Å². The molecule has 1 aliphatic heterocycles. The smallest absolute Gasteiger partial charge is 0.246 e. The SMILES string of the molecule is Cc1ncsc1-c1ccc(CNC(=O)[C@@H]2C[C@@H](O)CN2C(=O)C(NC(=O)CCCCCCCCCCCCCCC(=O)NCCOc2ccc(C(=C(CCCl)c3ccccc3)c3ccc(O)cc3)cc2)C(C)(C)C)cc1. The van der Waals surface area contributed by atoms with Crippen LogP contribution in [-0.2, 0) is 25.7 Å². The summed E-state index contributed by atoms with van der Waals surface area (Å²) in [4.78, 5) is 60.0. The van der Waals surface area contributed by atoms with E-state index in [1.165, 1.54) is 37.0 Å². The highest BCUT2D eigenvalue weighted by molar-refractivity contribution is 7.13. The van der Waals surface area contributed by atoms with Crippen LogP contribution in [0.1, 0.15) is 151 Å². The van der Waals surface area contributed by atoms with E-state index in [0.29, 0.717) is 38.3 Å². The molecule has 12 nitrogen and oxygen atoms in total. The van der Waals surface area contributed by atoms with Crippen LogP contribution in [0.4, 0.5) is 0 Å². The highest BCUT2D eigenvalue weighted by Crippen LogP contribution is 2.36. The Hall–Kier alpha value is -6.02. The van der Waals surface area contributed by atoms with Crippen molar-refractivity contribution in [2.75, 3.05) is 25.6 Å². The number of likely N-dealkylation sites (tertiary alicyclic amines) is 1. The molecule has 1 unspecified atom stereocenters. The number of nitrogens with zero attached hydrogens (tertiary/aromatic N) is 2. The first-order valence-electron chi connectivity index (χ1n) is 27.4. The van der Waals surface area contributed by atoms with Crippen molar-refractivity contribution < 1.29 is 34.1 Å².